The molecule has 11 rings (SSSR count). The standard InChI is InChI=1S/C48H30BNOS/c1-2-13-31(14-3-1)32-15-12-16-33(27-32)34-25-26-39-40-28-35(29-46-48(40)49(52-47(39)30-34)41-20-7-11-24-45(41)51-46)36-17-4-8-21-42(36)50-43-22-9-5-18-37(43)38-19-6-10-23-44(38)50/h1-30H. The largest absolute Gasteiger partial charge is 0.458 e. The van der Waals surface area contributed by atoms with E-state index in [9.17, 15) is 0 Å². The molecule has 2 aliphatic heterocycles. The second-order valence-electron chi connectivity index (χ2n) is 13.6. The molecule has 1 aromatic heterocycles. The second-order valence-corrected chi connectivity index (χ2v) is 14.8. The zero-order valence-electron chi connectivity index (χ0n) is 28.2. The van der Waals surface area contributed by atoms with Gasteiger partial charge in [0.25, 0.3) is 5.99 Å². The molecule has 4 heteroatoms. The zero-order valence-corrected chi connectivity index (χ0v) is 29.0. The monoisotopic (exact) mass is 679 g/mol. The van der Waals surface area contributed by atoms with Gasteiger partial charge in [0.2, 0.25) is 0 Å². The molecule has 0 spiro atoms. The first-order valence-corrected chi connectivity index (χ1v) is 18.7. The summed E-state index contributed by atoms with van der Waals surface area (Å²) >= 11 is 1.94. The van der Waals surface area contributed by atoms with Crippen molar-refractivity contribution in [1.29, 1.82) is 0 Å². The molecule has 0 unspecified atom stereocenters. The van der Waals surface area contributed by atoms with Crippen LogP contribution in [0.4, 0.5) is 0 Å². The van der Waals surface area contributed by atoms with E-state index in [-0.39, 0.29) is 5.99 Å². The third-order valence-corrected chi connectivity index (χ3v) is 12.0. The maximum atomic E-state index is 6.80. The van der Waals surface area contributed by atoms with E-state index in [1.807, 2.05) is 11.6 Å². The van der Waals surface area contributed by atoms with Crippen molar-refractivity contribution in [3.05, 3.63) is 182 Å². The van der Waals surface area contributed by atoms with Crippen LogP contribution < -0.4 is 15.7 Å². The Kier molecular flexibility index (Phi) is 6.62. The van der Waals surface area contributed by atoms with Gasteiger partial charge in [-0.1, -0.05) is 133 Å². The highest BCUT2D eigenvalue weighted by molar-refractivity contribution is 8.28. The van der Waals surface area contributed by atoms with Gasteiger partial charge in [-0.3, -0.25) is 0 Å². The summed E-state index contributed by atoms with van der Waals surface area (Å²) in [5.41, 5.74) is 15.7. The van der Waals surface area contributed by atoms with Crippen molar-refractivity contribution in [3.8, 4) is 61.7 Å². The number of nitrogens with zero attached hydrogens (tertiary/aromatic N) is 1. The van der Waals surface area contributed by atoms with Gasteiger partial charge in [0.15, 0.2) is 0 Å². The molecule has 9 aromatic rings. The highest BCUT2D eigenvalue weighted by atomic mass is 32.2. The van der Waals surface area contributed by atoms with Crippen LogP contribution in [0.3, 0.4) is 0 Å². The van der Waals surface area contributed by atoms with Crippen LogP contribution in [0.15, 0.2) is 187 Å². The van der Waals surface area contributed by atoms with Crippen LogP contribution in [0.5, 0.6) is 11.5 Å². The molecule has 0 saturated carbocycles. The lowest BCUT2D eigenvalue weighted by Crippen LogP contribution is -2.46. The summed E-state index contributed by atoms with van der Waals surface area (Å²) in [6.07, 6.45) is 0. The van der Waals surface area contributed by atoms with Crippen molar-refractivity contribution in [2.75, 3.05) is 0 Å². The number of aromatic nitrogens is 1. The Morgan fingerprint density at radius 2 is 1.08 bits per heavy atom. The van der Waals surface area contributed by atoms with Crippen molar-refractivity contribution < 1.29 is 4.74 Å². The predicted octanol–water partition coefficient (Wildman–Crippen LogP) is 11.8. The maximum absolute atomic E-state index is 6.80. The van der Waals surface area contributed by atoms with Gasteiger partial charge in [0.05, 0.1) is 16.7 Å². The number of fused-ring (bicyclic) bond motifs is 7. The van der Waals surface area contributed by atoms with E-state index >= 15 is 0 Å². The van der Waals surface area contributed by atoms with Crippen molar-refractivity contribution in [2.24, 2.45) is 0 Å². The highest BCUT2D eigenvalue weighted by Crippen LogP contribution is 2.47. The Hall–Kier alpha value is -6.23. The Labute approximate surface area is 307 Å². The number of rotatable bonds is 4. The topological polar surface area (TPSA) is 14.2 Å². The van der Waals surface area contributed by atoms with E-state index in [1.54, 1.807) is 0 Å². The molecule has 0 aliphatic carbocycles. The summed E-state index contributed by atoms with van der Waals surface area (Å²) in [6.45, 7) is 0. The first-order chi connectivity index (χ1) is 25.8. The fraction of sp³-hybridized carbons (Fsp3) is 0. The molecule has 0 amide bonds. The number of ether oxygens (including phenoxy) is 1. The van der Waals surface area contributed by atoms with Gasteiger partial charge < -0.3 is 9.30 Å². The van der Waals surface area contributed by atoms with Crippen molar-refractivity contribution >= 4 is 50.3 Å². The molecule has 0 radical (unpaired) electrons. The second kappa shape index (κ2) is 11.7. The highest BCUT2D eigenvalue weighted by Gasteiger charge is 2.39. The van der Waals surface area contributed by atoms with Crippen LogP contribution in [-0.2, 0) is 0 Å². The number of hydrogen-bond donors (Lipinski definition) is 0. The molecular weight excluding hydrogens is 649 g/mol. The van der Waals surface area contributed by atoms with Crippen LogP contribution in [0, 0.1) is 0 Å². The van der Waals surface area contributed by atoms with Crippen LogP contribution >= 0.6 is 11.6 Å². The first kappa shape index (κ1) is 29.5. The molecule has 3 heterocycles. The minimum atomic E-state index is 0.134. The van der Waals surface area contributed by atoms with E-state index in [0.29, 0.717) is 0 Å². The summed E-state index contributed by atoms with van der Waals surface area (Å²) in [5.74, 6) is 2.00. The molecule has 2 nitrogen and oxygen atoms in total. The minimum Gasteiger partial charge on any atom is -0.458 e. The smallest absolute Gasteiger partial charge is 0.289 e. The summed E-state index contributed by atoms with van der Waals surface area (Å²) in [4.78, 5) is 1.29. The predicted molar refractivity (Wildman–Crippen MR) is 220 cm³/mol. The van der Waals surface area contributed by atoms with Gasteiger partial charge in [0.1, 0.15) is 11.5 Å². The Balaban J connectivity index is 1.11. The van der Waals surface area contributed by atoms with E-state index < -0.39 is 0 Å². The fourth-order valence-electron chi connectivity index (χ4n) is 8.30. The molecule has 2 aliphatic rings. The zero-order chi connectivity index (χ0) is 34.2. The molecule has 0 fully saturated rings. The lowest BCUT2D eigenvalue weighted by atomic mass is 9.57. The van der Waals surface area contributed by atoms with Crippen LogP contribution in [0.1, 0.15) is 0 Å². The minimum absolute atomic E-state index is 0.134. The van der Waals surface area contributed by atoms with E-state index in [4.69, 9.17) is 4.74 Å². The lowest BCUT2D eigenvalue weighted by Gasteiger charge is -2.33. The Morgan fingerprint density at radius 1 is 0.423 bits per heavy atom. The van der Waals surface area contributed by atoms with Gasteiger partial charge in [-0.2, -0.15) is 11.6 Å². The SMILES string of the molecule is c1ccc(-c2cccc(-c3ccc4c(c3)SB3c5ccccc5Oc5cc(-c6ccccc6-n6c7ccccc7c7ccccc76)cc-4c53)c2)cc1. The first-order valence-electron chi connectivity index (χ1n) is 17.8. The van der Waals surface area contributed by atoms with Gasteiger partial charge >= 0.3 is 0 Å². The van der Waals surface area contributed by atoms with Crippen molar-refractivity contribution in [2.45, 2.75) is 4.90 Å². The summed E-state index contributed by atoms with van der Waals surface area (Å²) in [7, 11) is 0. The summed E-state index contributed by atoms with van der Waals surface area (Å²) in [5, 5.41) is 2.51. The number of benzene rings is 8. The van der Waals surface area contributed by atoms with E-state index in [2.05, 4.69) is 187 Å². The number of hydrogen-bond acceptors (Lipinski definition) is 2. The molecule has 0 saturated heterocycles. The van der Waals surface area contributed by atoms with Gasteiger partial charge in [0, 0.05) is 21.2 Å². The lowest BCUT2D eigenvalue weighted by molar-refractivity contribution is 0.488. The molecule has 242 valence electrons. The molecule has 0 atom stereocenters. The van der Waals surface area contributed by atoms with E-state index in [0.717, 1.165) is 22.7 Å². The summed E-state index contributed by atoms with van der Waals surface area (Å²) < 4.78 is 9.22. The molecule has 0 N–H and O–H groups in total. The van der Waals surface area contributed by atoms with E-state index in [1.165, 1.54) is 76.6 Å². The average molecular weight is 680 g/mol. The van der Waals surface area contributed by atoms with Crippen LogP contribution in [0.25, 0.3) is 72.0 Å². The van der Waals surface area contributed by atoms with Gasteiger partial charge in [-0.15, -0.1) is 0 Å². The molecule has 0 bridgehead atoms. The third-order valence-electron chi connectivity index (χ3n) is 10.7. The summed E-state index contributed by atoms with van der Waals surface area (Å²) in [6, 6.07) is 66.0. The van der Waals surface area contributed by atoms with Crippen molar-refractivity contribution in [3.63, 3.8) is 0 Å². The quantitative estimate of drug-likeness (QED) is 0.172. The van der Waals surface area contributed by atoms with Gasteiger partial charge in [-0.05, 0) is 98.4 Å². The van der Waals surface area contributed by atoms with Crippen molar-refractivity contribution in [1.82, 2.24) is 4.57 Å². The molecular formula is C48H30BNOS. The Morgan fingerprint density at radius 3 is 1.90 bits per heavy atom. The molecule has 8 aromatic carbocycles. The average Bonchev–Trinajstić information content (AvgIpc) is 3.55. The normalized spacial score (nSPS) is 12.7. The molecule has 52 heavy (non-hydrogen) atoms. The number of para-hydroxylation sites is 4. The van der Waals surface area contributed by atoms with Gasteiger partial charge in [-0.25, -0.2) is 0 Å². The third kappa shape index (κ3) is 4.54. The maximum Gasteiger partial charge on any atom is 0.289 e. The van der Waals surface area contributed by atoms with Crippen LogP contribution in [0.2, 0.25) is 0 Å². The van der Waals surface area contributed by atoms with Crippen LogP contribution in [-0.4, -0.2) is 10.6 Å². The fourth-order valence-corrected chi connectivity index (χ4v) is 9.74. The Bertz CT molecular complexity index is 2820.